The molecule has 0 atom stereocenters. The van der Waals surface area contributed by atoms with Crippen molar-refractivity contribution in [2.24, 2.45) is 16.2 Å². The number of amides is 1. The van der Waals surface area contributed by atoms with Gasteiger partial charge in [0, 0.05) is 56.6 Å². The number of benzene rings is 6. The zero-order chi connectivity index (χ0) is 62.8. The van der Waals surface area contributed by atoms with Gasteiger partial charge < -0.3 is 14.2 Å². The number of Topliss-reactive ketones (excluding diaryl/α,β-unsaturated/α-hetero) is 3. The van der Waals surface area contributed by atoms with Gasteiger partial charge >= 0.3 is 17.9 Å². The number of esters is 3. The monoisotopic (exact) mass is 1130 g/mol. The molecule has 0 bridgehead atoms. The summed E-state index contributed by atoms with van der Waals surface area (Å²) < 4.78 is 16.2. The molecule has 0 spiro atoms. The fourth-order valence-electron chi connectivity index (χ4n) is 8.33. The van der Waals surface area contributed by atoms with Crippen LogP contribution < -0.4 is 4.90 Å². The van der Waals surface area contributed by atoms with E-state index >= 15 is 0 Å². The number of carbonyl (C=O) groups excluding carboxylic acids is 7. The highest BCUT2D eigenvalue weighted by molar-refractivity contribution is 6.03. The van der Waals surface area contributed by atoms with Crippen molar-refractivity contribution < 1.29 is 47.8 Å². The maximum Gasteiger partial charge on any atom is 0.338 e. The third-order valence-electron chi connectivity index (χ3n) is 12.8. The summed E-state index contributed by atoms with van der Waals surface area (Å²) in [4.78, 5) is 87.5. The Balaban J connectivity index is 0.000000268. The Morgan fingerprint density at radius 3 is 0.771 bits per heavy atom. The molecule has 11 nitrogen and oxygen atoms in total. The molecule has 0 aromatic heterocycles. The summed E-state index contributed by atoms with van der Waals surface area (Å²) in [6.45, 7) is 39.5. The lowest BCUT2D eigenvalue weighted by Crippen LogP contribution is -2.25. The number of ether oxygens (including phenoxy) is 3. The molecular weight excluding hydrogens is 1040 g/mol. The highest BCUT2D eigenvalue weighted by Gasteiger charge is 2.29. The molecule has 6 rings (SSSR count). The van der Waals surface area contributed by atoms with E-state index in [9.17, 15) is 33.6 Å². The van der Waals surface area contributed by atoms with E-state index in [1.165, 1.54) is 11.8 Å². The largest absolute Gasteiger partial charge is 0.456 e. The predicted molar refractivity (Wildman–Crippen MR) is 333 cm³/mol. The molecule has 0 radical (unpaired) electrons. The van der Waals surface area contributed by atoms with E-state index in [1.54, 1.807) is 60.7 Å². The third-order valence-corrected chi connectivity index (χ3v) is 12.8. The maximum absolute atomic E-state index is 12.5. The average molecular weight is 1130 g/mol. The first kappa shape index (κ1) is 67.7. The lowest BCUT2D eigenvalue weighted by atomic mass is 9.77. The number of rotatable bonds is 12. The first-order valence-electron chi connectivity index (χ1n) is 28.2. The second-order valence-electron chi connectivity index (χ2n) is 27.5. The Morgan fingerprint density at radius 2 is 0.530 bits per heavy atom. The molecule has 6 aromatic rings. The molecule has 442 valence electrons. The van der Waals surface area contributed by atoms with Crippen LogP contribution in [0.4, 0.5) is 11.4 Å². The van der Waals surface area contributed by atoms with Gasteiger partial charge in [-0.2, -0.15) is 0 Å². The molecule has 1 amide bonds. The number of carbonyl (C=O) groups is 7. The number of ketones is 3. The van der Waals surface area contributed by atoms with Gasteiger partial charge in [0.05, 0.1) is 16.7 Å². The minimum absolute atomic E-state index is 0.0418. The van der Waals surface area contributed by atoms with Gasteiger partial charge in [-0.25, -0.2) is 14.4 Å². The molecule has 0 saturated heterocycles. The molecule has 0 heterocycles. The highest BCUT2D eigenvalue weighted by atomic mass is 16.6. The van der Waals surface area contributed by atoms with Crippen LogP contribution in [-0.4, -0.2) is 58.0 Å². The van der Waals surface area contributed by atoms with Crippen LogP contribution in [0.3, 0.4) is 0 Å². The van der Waals surface area contributed by atoms with E-state index < -0.39 is 33.6 Å². The summed E-state index contributed by atoms with van der Waals surface area (Å²) in [7, 11) is 0. The summed E-state index contributed by atoms with van der Waals surface area (Å²) in [5.41, 5.74) is 6.20. The lowest BCUT2D eigenvalue weighted by Gasteiger charge is -2.27. The number of anilines is 2. The van der Waals surface area contributed by atoms with Crippen molar-refractivity contribution in [3.63, 3.8) is 0 Å². The topological polar surface area (TPSA) is 150 Å². The van der Waals surface area contributed by atoms with Crippen LogP contribution in [0, 0.1) is 16.2 Å². The van der Waals surface area contributed by atoms with Crippen molar-refractivity contribution in [3.05, 3.63) is 201 Å². The van der Waals surface area contributed by atoms with Gasteiger partial charge in [0.2, 0.25) is 5.91 Å². The van der Waals surface area contributed by atoms with E-state index in [-0.39, 0.29) is 46.0 Å². The molecule has 0 aliphatic heterocycles. The normalized spacial score (nSPS) is 12.1. The Labute approximate surface area is 494 Å². The summed E-state index contributed by atoms with van der Waals surface area (Å²) in [6.07, 6.45) is 0.749. The molecule has 11 heteroatoms. The molecule has 6 aromatic carbocycles. The van der Waals surface area contributed by atoms with Crippen LogP contribution in [0.1, 0.15) is 230 Å². The standard InChI is InChI=1S/C25H32O3.C24H29NO4.C23H28O3/c1-23(2,3)21(26)17-9-13-19(14-10-17)25(7,8)20-15-11-18(12-16-20)22(27)28-24(4,5)6;1-16(26)25(19-12-8-17(9-13-19)21(27)23(2,3)4)20-14-10-18(11-15-20)22(28)29-24(5,6)7;1-22(2,3)20(24)18-11-7-16(8-12-18)15-17-9-13-19(14-10-17)21(25)26-23(4,5)6/h9-16H,1-8H3;8-15H,1-7H3;7-14H,15H2,1-6H3. The van der Waals surface area contributed by atoms with Crippen molar-refractivity contribution in [3.8, 4) is 0 Å². The van der Waals surface area contributed by atoms with Gasteiger partial charge in [-0.1, -0.05) is 149 Å². The Morgan fingerprint density at radius 1 is 0.313 bits per heavy atom. The Bertz CT molecular complexity index is 3210. The van der Waals surface area contributed by atoms with Crippen LogP contribution in [0.5, 0.6) is 0 Å². The highest BCUT2D eigenvalue weighted by Crippen LogP contribution is 2.34. The molecule has 0 saturated carbocycles. The number of nitrogens with zero attached hydrogens (tertiary/aromatic N) is 1. The van der Waals surface area contributed by atoms with Crippen molar-refractivity contribution in [1.29, 1.82) is 0 Å². The molecule has 83 heavy (non-hydrogen) atoms. The predicted octanol–water partition coefficient (Wildman–Crippen LogP) is 17.2. The van der Waals surface area contributed by atoms with Gasteiger partial charge in [-0.3, -0.25) is 24.1 Å². The second kappa shape index (κ2) is 26.6. The lowest BCUT2D eigenvalue weighted by molar-refractivity contribution is -0.115. The number of hydrogen-bond donors (Lipinski definition) is 0. The van der Waals surface area contributed by atoms with Crippen LogP contribution in [0.15, 0.2) is 146 Å². The third kappa shape index (κ3) is 20.6. The van der Waals surface area contributed by atoms with Crippen LogP contribution >= 0.6 is 0 Å². The van der Waals surface area contributed by atoms with Crippen molar-refractivity contribution in [2.75, 3.05) is 4.90 Å². The minimum atomic E-state index is -0.576. The first-order valence-corrected chi connectivity index (χ1v) is 28.2. The van der Waals surface area contributed by atoms with Gasteiger partial charge in [-0.05, 0) is 164 Å². The smallest absolute Gasteiger partial charge is 0.338 e. The van der Waals surface area contributed by atoms with Gasteiger partial charge in [0.1, 0.15) is 16.8 Å². The summed E-state index contributed by atoms with van der Waals surface area (Å²) in [5, 5.41) is 0. The maximum atomic E-state index is 12.5. The summed E-state index contributed by atoms with van der Waals surface area (Å²) in [6, 6.07) is 44.2. The summed E-state index contributed by atoms with van der Waals surface area (Å²) in [5.74, 6) is -0.895. The number of hydrogen-bond acceptors (Lipinski definition) is 10. The summed E-state index contributed by atoms with van der Waals surface area (Å²) >= 11 is 0. The van der Waals surface area contributed by atoms with E-state index in [0.29, 0.717) is 33.6 Å². The Kier molecular flexibility index (Phi) is 21.7. The fourth-order valence-corrected chi connectivity index (χ4v) is 8.33. The molecule has 0 fully saturated rings. The van der Waals surface area contributed by atoms with Gasteiger partial charge in [0.25, 0.3) is 0 Å². The zero-order valence-corrected chi connectivity index (χ0v) is 53.1. The van der Waals surface area contributed by atoms with Crippen molar-refractivity contribution >= 4 is 52.5 Å². The van der Waals surface area contributed by atoms with E-state index in [2.05, 4.69) is 13.8 Å². The first-order chi connectivity index (χ1) is 38.0. The Hall–Kier alpha value is -7.79. The molecule has 0 aliphatic rings. The van der Waals surface area contributed by atoms with Gasteiger partial charge in [-0.15, -0.1) is 0 Å². The van der Waals surface area contributed by atoms with Gasteiger partial charge in [0.15, 0.2) is 17.3 Å². The molecule has 0 aliphatic carbocycles. The molecule has 0 unspecified atom stereocenters. The molecule has 0 N–H and O–H groups in total. The fraction of sp³-hybridized carbons (Fsp3) is 0.403. The minimum Gasteiger partial charge on any atom is -0.456 e. The van der Waals surface area contributed by atoms with Crippen LogP contribution in [0.2, 0.25) is 0 Å². The van der Waals surface area contributed by atoms with E-state index in [1.807, 2.05) is 210 Å². The SMILES string of the molecule is CC(=O)N(c1ccc(C(=O)OC(C)(C)C)cc1)c1ccc(C(=O)C(C)(C)C)cc1.CC(C)(C)OC(=O)c1ccc(C(C)(C)c2ccc(C(=O)C(C)(C)C)cc2)cc1.CC(C)(C)OC(=O)c1ccc(Cc2ccc(C(=O)C(C)(C)C)cc2)cc1. The molecular formula is C72H89NO10. The zero-order valence-electron chi connectivity index (χ0n) is 53.1. The second-order valence-corrected chi connectivity index (χ2v) is 27.5. The van der Waals surface area contributed by atoms with Crippen LogP contribution in [0.25, 0.3) is 0 Å². The van der Waals surface area contributed by atoms with Crippen LogP contribution in [-0.2, 0) is 30.8 Å². The van der Waals surface area contributed by atoms with Crippen molar-refractivity contribution in [1.82, 2.24) is 0 Å². The van der Waals surface area contributed by atoms with E-state index in [4.69, 9.17) is 14.2 Å². The average Bonchev–Trinajstić information content (AvgIpc) is 3.54. The van der Waals surface area contributed by atoms with E-state index in [0.717, 1.165) is 39.8 Å². The van der Waals surface area contributed by atoms with Crippen molar-refractivity contribution in [2.45, 2.75) is 174 Å². The quantitative estimate of drug-likeness (QED) is 0.0658.